The maximum Gasteiger partial charge on any atom is 0.182 e. The number of carbonyl (C=O) groups is 2. The molecule has 0 bridgehead atoms. The van der Waals surface area contributed by atoms with Crippen LogP contribution in [0.1, 0.15) is 45.4 Å². The Morgan fingerprint density at radius 1 is 1.20 bits per heavy atom. The van der Waals surface area contributed by atoms with Gasteiger partial charge in [0.05, 0.1) is 0 Å². The summed E-state index contributed by atoms with van der Waals surface area (Å²) in [7, 11) is 0. The Balaban J connectivity index is 2.20. The molecule has 0 aromatic carbocycles. The van der Waals surface area contributed by atoms with Gasteiger partial charge in [-0.05, 0) is 49.8 Å². The highest BCUT2D eigenvalue weighted by Crippen LogP contribution is 2.28. The van der Waals surface area contributed by atoms with E-state index in [0.29, 0.717) is 5.57 Å². The van der Waals surface area contributed by atoms with Crippen molar-refractivity contribution in [1.82, 2.24) is 0 Å². The Morgan fingerprint density at radius 2 is 1.95 bits per heavy atom. The first-order chi connectivity index (χ1) is 9.63. The van der Waals surface area contributed by atoms with Crippen molar-refractivity contribution in [2.24, 2.45) is 5.92 Å². The molecule has 0 aliphatic heterocycles. The summed E-state index contributed by atoms with van der Waals surface area (Å²) in [5.74, 6) is -0.299. The van der Waals surface area contributed by atoms with E-state index >= 15 is 0 Å². The van der Waals surface area contributed by atoms with Crippen LogP contribution >= 0.6 is 0 Å². The molecule has 0 aromatic heterocycles. The maximum absolute atomic E-state index is 11.9. The average Bonchev–Trinajstić information content (AvgIpc) is 2.68. The first-order valence-corrected chi connectivity index (χ1v) is 7.43. The summed E-state index contributed by atoms with van der Waals surface area (Å²) in [5.41, 5.74) is 3.36. The molecule has 2 aliphatic rings. The van der Waals surface area contributed by atoms with Crippen LogP contribution in [-0.2, 0) is 9.59 Å². The quantitative estimate of drug-likeness (QED) is 0.724. The maximum atomic E-state index is 11.9. The van der Waals surface area contributed by atoms with Crippen LogP contribution in [0.3, 0.4) is 0 Å². The molecule has 0 N–H and O–H groups in total. The Hall–Kier alpha value is -1.70. The minimum absolute atomic E-state index is 0.0218. The van der Waals surface area contributed by atoms with Crippen LogP contribution < -0.4 is 0 Å². The Bertz CT molecular complexity index is 518. The van der Waals surface area contributed by atoms with E-state index in [1.54, 1.807) is 0 Å². The molecule has 0 amide bonds. The minimum atomic E-state index is -0.300. The molecule has 20 heavy (non-hydrogen) atoms. The highest BCUT2D eigenvalue weighted by molar-refractivity contribution is 6.16. The molecule has 0 heterocycles. The highest BCUT2D eigenvalue weighted by Gasteiger charge is 2.24. The first-order valence-electron chi connectivity index (χ1n) is 7.43. The summed E-state index contributed by atoms with van der Waals surface area (Å²) in [4.78, 5) is 23.6. The molecule has 1 atom stereocenters. The third kappa shape index (κ3) is 3.24. The van der Waals surface area contributed by atoms with E-state index in [-0.39, 0.29) is 17.5 Å². The van der Waals surface area contributed by atoms with E-state index in [4.69, 9.17) is 0 Å². The lowest BCUT2D eigenvalue weighted by atomic mass is 9.86. The minimum Gasteiger partial charge on any atom is -0.294 e. The predicted molar refractivity (Wildman–Crippen MR) is 81.3 cm³/mol. The van der Waals surface area contributed by atoms with Crippen molar-refractivity contribution in [2.75, 3.05) is 0 Å². The second-order valence-corrected chi connectivity index (χ2v) is 5.58. The lowest BCUT2D eigenvalue weighted by molar-refractivity contribution is -0.120. The van der Waals surface area contributed by atoms with Gasteiger partial charge < -0.3 is 0 Å². The molecule has 0 radical (unpaired) electrons. The molecular weight excluding hydrogens is 248 g/mol. The van der Waals surface area contributed by atoms with Crippen molar-refractivity contribution in [3.63, 3.8) is 0 Å². The van der Waals surface area contributed by atoms with Gasteiger partial charge in [0.1, 0.15) is 0 Å². The lowest BCUT2D eigenvalue weighted by Gasteiger charge is -2.15. The fraction of sp³-hybridized carbons (Fsp3) is 0.444. The molecule has 0 fully saturated rings. The van der Waals surface area contributed by atoms with Gasteiger partial charge in [-0.15, -0.1) is 0 Å². The molecule has 2 aliphatic carbocycles. The third-order valence-electron chi connectivity index (χ3n) is 4.27. The molecule has 2 nitrogen and oxygen atoms in total. The zero-order chi connectivity index (χ0) is 14.5. The topological polar surface area (TPSA) is 34.1 Å². The first kappa shape index (κ1) is 14.7. The summed E-state index contributed by atoms with van der Waals surface area (Å²) >= 11 is 0. The van der Waals surface area contributed by atoms with Gasteiger partial charge in [0.15, 0.2) is 11.6 Å². The number of hydrogen-bond donors (Lipinski definition) is 0. The van der Waals surface area contributed by atoms with Crippen LogP contribution in [0.5, 0.6) is 0 Å². The number of ketones is 2. The Morgan fingerprint density at radius 3 is 2.70 bits per heavy atom. The lowest BCUT2D eigenvalue weighted by Crippen LogP contribution is -2.21. The van der Waals surface area contributed by atoms with Crippen molar-refractivity contribution < 1.29 is 9.59 Å². The zero-order valence-corrected chi connectivity index (χ0v) is 12.2. The van der Waals surface area contributed by atoms with Crippen molar-refractivity contribution in [3.05, 3.63) is 47.6 Å². The normalized spacial score (nSPS) is 26.1. The van der Waals surface area contributed by atoms with Crippen molar-refractivity contribution in [2.45, 2.75) is 45.4 Å². The van der Waals surface area contributed by atoms with Gasteiger partial charge in [-0.3, -0.25) is 9.59 Å². The van der Waals surface area contributed by atoms with E-state index in [1.165, 1.54) is 42.6 Å². The van der Waals surface area contributed by atoms with Crippen LogP contribution in [0.4, 0.5) is 0 Å². The van der Waals surface area contributed by atoms with E-state index < -0.39 is 0 Å². The fourth-order valence-electron chi connectivity index (χ4n) is 2.92. The second kappa shape index (κ2) is 6.65. The molecule has 0 spiro atoms. The van der Waals surface area contributed by atoms with Crippen LogP contribution in [-0.4, -0.2) is 11.6 Å². The Labute approximate surface area is 120 Å². The van der Waals surface area contributed by atoms with Gasteiger partial charge in [0.25, 0.3) is 0 Å². The average molecular weight is 270 g/mol. The summed E-state index contributed by atoms with van der Waals surface area (Å²) in [6.07, 6.45) is 13.3. The number of hydrogen-bond acceptors (Lipinski definition) is 2. The van der Waals surface area contributed by atoms with Crippen LogP contribution in [0.2, 0.25) is 0 Å². The van der Waals surface area contributed by atoms with E-state index in [1.807, 2.05) is 19.1 Å². The molecule has 0 saturated heterocycles. The molecule has 1 unspecified atom stereocenters. The van der Waals surface area contributed by atoms with Crippen LogP contribution in [0.25, 0.3) is 0 Å². The zero-order valence-electron chi connectivity index (χ0n) is 12.2. The molecular formula is C18H22O2. The van der Waals surface area contributed by atoms with Crippen molar-refractivity contribution >= 4 is 11.6 Å². The third-order valence-corrected chi connectivity index (χ3v) is 4.27. The summed E-state index contributed by atoms with van der Waals surface area (Å²) in [5, 5.41) is 0. The molecule has 0 saturated carbocycles. The highest BCUT2D eigenvalue weighted by atomic mass is 16.1. The number of rotatable bonds is 3. The van der Waals surface area contributed by atoms with E-state index in [0.717, 1.165) is 19.3 Å². The van der Waals surface area contributed by atoms with Gasteiger partial charge in [-0.1, -0.05) is 37.6 Å². The van der Waals surface area contributed by atoms with Gasteiger partial charge in [0.2, 0.25) is 0 Å². The molecule has 2 rings (SSSR count). The second-order valence-electron chi connectivity index (χ2n) is 5.58. The smallest absolute Gasteiger partial charge is 0.182 e. The Kier molecular flexibility index (Phi) is 4.89. The van der Waals surface area contributed by atoms with Gasteiger partial charge in [-0.25, -0.2) is 0 Å². The van der Waals surface area contributed by atoms with Crippen molar-refractivity contribution in [3.8, 4) is 0 Å². The molecule has 0 aromatic rings. The van der Waals surface area contributed by atoms with Crippen LogP contribution in [0, 0.1) is 5.92 Å². The molecule has 2 heteroatoms. The van der Waals surface area contributed by atoms with Crippen molar-refractivity contribution in [1.29, 1.82) is 0 Å². The predicted octanol–water partition coefficient (Wildman–Crippen LogP) is 4.09. The summed E-state index contributed by atoms with van der Waals surface area (Å²) < 4.78 is 0. The van der Waals surface area contributed by atoms with Crippen LogP contribution in [0.15, 0.2) is 47.6 Å². The SMILES string of the molecule is C=CC1=C(CC=C2C(=O)C=CC(=O)C2C)CCCCC1. The monoisotopic (exact) mass is 270 g/mol. The standard InChI is InChI=1S/C18H22O2/c1-3-14-7-5-4-6-8-15(14)9-10-16-13(2)17(19)11-12-18(16)20/h3,10-13H,1,4-9H2,2H3. The number of carbonyl (C=O) groups excluding carboxylic acids is 2. The van der Waals surface area contributed by atoms with Gasteiger partial charge in [-0.2, -0.15) is 0 Å². The summed E-state index contributed by atoms with van der Waals surface area (Å²) in [6, 6.07) is 0. The van der Waals surface area contributed by atoms with Gasteiger partial charge in [0, 0.05) is 11.5 Å². The fourth-order valence-corrected chi connectivity index (χ4v) is 2.92. The van der Waals surface area contributed by atoms with E-state index in [9.17, 15) is 9.59 Å². The van der Waals surface area contributed by atoms with E-state index in [2.05, 4.69) is 6.58 Å². The number of allylic oxidation sites excluding steroid dienone is 7. The molecule has 106 valence electrons. The largest absolute Gasteiger partial charge is 0.294 e. The van der Waals surface area contributed by atoms with Gasteiger partial charge >= 0.3 is 0 Å². The summed E-state index contributed by atoms with van der Waals surface area (Å²) in [6.45, 7) is 5.71.